The van der Waals surface area contributed by atoms with Crippen LogP contribution in [0.5, 0.6) is 0 Å². The fraction of sp³-hybridized carbons (Fsp3) is 0.333. The van der Waals surface area contributed by atoms with Crippen LogP contribution in [0.2, 0.25) is 0 Å². The van der Waals surface area contributed by atoms with E-state index in [9.17, 15) is 18.0 Å². The van der Waals surface area contributed by atoms with Gasteiger partial charge in [0.1, 0.15) is 0 Å². The number of sulfone groups is 1. The van der Waals surface area contributed by atoms with Crippen LogP contribution < -0.4 is 5.32 Å². The Labute approximate surface area is 175 Å². The maximum absolute atomic E-state index is 12.5. The SMILES string of the molecule is Cc1ccc(C(=O)Nc2ccc(CC(=O)N3CCSCC3)cc2)cc1S(C)(=O)=O. The molecule has 0 unspecified atom stereocenters. The van der Waals surface area contributed by atoms with Crippen molar-refractivity contribution in [2.45, 2.75) is 18.2 Å². The van der Waals surface area contributed by atoms with Crippen molar-refractivity contribution >= 4 is 39.1 Å². The van der Waals surface area contributed by atoms with Crippen LogP contribution in [0.1, 0.15) is 21.5 Å². The number of thioether (sulfide) groups is 1. The van der Waals surface area contributed by atoms with Crippen molar-refractivity contribution in [2.75, 3.05) is 36.2 Å². The number of nitrogens with one attached hydrogen (secondary N) is 1. The van der Waals surface area contributed by atoms with Gasteiger partial charge in [-0.3, -0.25) is 9.59 Å². The smallest absolute Gasteiger partial charge is 0.255 e. The van der Waals surface area contributed by atoms with Crippen LogP contribution in [0.3, 0.4) is 0 Å². The van der Waals surface area contributed by atoms with E-state index in [-0.39, 0.29) is 22.3 Å². The van der Waals surface area contributed by atoms with Gasteiger partial charge < -0.3 is 10.2 Å². The molecule has 1 fully saturated rings. The minimum absolute atomic E-state index is 0.120. The van der Waals surface area contributed by atoms with E-state index in [4.69, 9.17) is 0 Å². The van der Waals surface area contributed by atoms with Crippen LogP contribution in [0.15, 0.2) is 47.4 Å². The minimum Gasteiger partial charge on any atom is -0.341 e. The number of amides is 2. The van der Waals surface area contributed by atoms with Gasteiger partial charge in [0, 0.05) is 42.1 Å². The van der Waals surface area contributed by atoms with Crippen LogP contribution in [-0.2, 0) is 21.1 Å². The second-order valence-electron chi connectivity index (χ2n) is 7.07. The molecule has 6 nitrogen and oxygen atoms in total. The number of hydrogen-bond donors (Lipinski definition) is 1. The van der Waals surface area contributed by atoms with Crippen LogP contribution in [0.25, 0.3) is 0 Å². The van der Waals surface area contributed by atoms with E-state index in [1.54, 1.807) is 31.2 Å². The quantitative estimate of drug-likeness (QED) is 0.786. The van der Waals surface area contributed by atoms with Gasteiger partial charge in [0.2, 0.25) is 5.91 Å². The predicted octanol–water partition coefficient (Wildman–Crippen LogP) is 2.77. The van der Waals surface area contributed by atoms with Crippen molar-refractivity contribution in [2.24, 2.45) is 0 Å². The lowest BCUT2D eigenvalue weighted by molar-refractivity contribution is -0.130. The molecule has 1 aliphatic rings. The third-order valence-electron chi connectivity index (χ3n) is 4.78. The molecule has 2 aromatic rings. The summed E-state index contributed by atoms with van der Waals surface area (Å²) in [4.78, 5) is 26.9. The van der Waals surface area contributed by atoms with Crippen molar-refractivity contribution in [3.8, 4) is 0 Å². The average Bonchev–Trinajstić information content (AvgIpc) is 2.69. The van der Waals surface area contributed by atoms with Gasteiger partial charge in [-0.05, 0) is 42.3 Å². The number of carbonyl (C=O) groups is 2. The lowest BCUT2D eigenvalue weighted by Gasteiger charge is -2.26. The molecule has 1 saturated heterocycles. The summed E-state index contributed by atoms with van der Waals surface area (Å²) in [7, 11) is -3.41. The molecule has 3 rings (SSSR count). The molecule has 0 aliphatic carbocycles. The topological polar surface area (TPSA) is 83.6 Å². The zero-order chi connectivity index (χ0) is 21.0. The first kappa shape index (κ1) is 21.4. The standard InChI is InChI=1S/C21H24N2O4S2/c1-15-3-6-17(14-19(15)29(2,26)27)21(25)22-18-7-4-16(5-8-18)13-20(24)23-9-11-28-12-10-23/h3-8,14H,9-13H2,1-2H3,(H,22,25). The molecule has 0 saturated carbocycles. The Kier molecular flexibility index (Phi) is 6.64. The first-order valence-corrected chi connectivity index (χ1v) is 12.3. The monoisotopic (exact) mass is 432 g/mol. The van der Waals surface area contributed by atoms with Crippen LogP contribution in [0.4, 0.5) is 5.69 Å². The molecule has 1 N–H and O–H groups in total. The largest absolute Gasteiger partial charge is 0.341 e. The molecule has 0 atom stereocenters. The number of nitrogens with zero attached hydrogens (tertiary/aromatic N) is 1. The summed E-state index contributed by atoms with van der Waals surface area (Å²) in [5.41, 5.74) is 2.35. The zero-order valence-corrected chi connectivity index (χ0v) is 18.1. The summed E-state index contributed by atoms with van der Waals surface area (Å²) >= 11 is 1.86. The second kappa shape index (κ2) is 9.00. The van der Waals surface area contributed by atoms with Crippen molar-refractivity contribution in [1.82, 2.24) is 4.90 Å². The van der Waals surface area contributed by atoms with Gasteiger partial charge in [0.15, 0.2) is 9.84 Å². The summed E-state index contributed by atoms with van der Waals surface area (Å²) in [6.07, 6.45) is 1.47. The normalized spacial score (nSPS) is 14.5. The molecular weight excluding hydrogens is 408 g/mol. The number of aryl methyl sites for hydroxylation is 1. The lowest BCUT2D eigenvalue weighted by atomic mass is 10.1. The molecular formula is C21H24N2O4S2. The van der Waals surface area contributed by atoms with Crippen molar-refractivity contribution in [3.63, 3.8) is 0 Å². The summed E-state index contributed by atoms with van der Waals surface area (Å²) in [6.45, 7) is 3.29. The highest BCUT2D eigenvalue weighted by Crippen LogP contribution is 2.19. The van der Waals surface area contributed by atoms with Crippen molar-refractivity contribution in [1.29, 1.82) is 0 Å². The average molecular weight is 433 g/mol. The van der Waals surface area contributed by atoms with Crippen molar-refractivity contribution < 1.29 is 18.0 Å². The molecule has 2 aromatic carbocycles. The van der Waals surface area contributed by atoms with Gasteiger partial charge in [-0.25, -0.2) is 8.42 Å². The van der Waals surface area contributed by atoms with Gasteiger partial charge >= 0.3 is 0 Å². The maximum atomic E-state index is 12.5. The van der Waals surface area contributed by atoms with E-state index in [2.05, 4.69) is 5.32 Å². The highest BCUT2D eigenvalue weighted by Gasteiger charge is 2.17. The van der Waals surface area contributed by atoms with E-state index in [1.165, 1.54) is 6.07 Å². The first-order valence-electron chi connectivity index (χ1n) is 9.30. The van der Waals surface area contributed by atoms with E-state index in [0.717, 1.165) is 36.4 Å². The zero-order valence-electron chi connectivity index (χ0n) is 16.5. The molecule has 0 bridgehead atoms. The number of anilines is 1. The minimum atomic E-state index is -3.41. The van der Waals surface area contributed by atoms with E-state index in [1.807, 2.05) is 28.8 Å². The predicted molar refractivity (Wildman–Crippen MR) is 116 cm³/mol. The number of carbonyl (C=O) groups excluding carboxylic acids is 2. The highest BCUT2D eigenvalue weighted by molar-refractivity contribution is 7.99. The molecule has 1 heterocycles. The second-order valence-corrected chi connectivity index (χ2v) is 10.3. The Bertz CT molecular complexity index is 1010. The third-order valence-corrected chi connectivity index (χ3v) is 6.96. The van der Waals surface area contributed by atoms with Gasteiger partial charge in [-0.15, -0.1) is 0 Å². The van der Waals surface area contributed by atoms with Gasteiger partial charge in [-0.2, -0.15) is 11.8 Å². The lowest BCUT2D eigenvalue weighted by Crippen LogP contribution is -2.38. The van der Waals surface area contributed by atoms with Crippen molar-refractivity contribution in [3.05, 3.63) is 59.2 Å². The maximum Gasteiger partial charge on any atom is 0.255 e. The Hall–Kier alpha value is -2.32. The number of rotatable bonds is 5. The van der Waals surface area contributed by atoms with E-state index in [0.29, 0.717) is 17.7 Å². The molecule has 1 aliphatic heterocycles. The number of hydrogen-bond acceptors (Lipinski definition) is 5. The molecule has 0 aromatic heterocycles. The van der Waals surface area contributed by atoms with E-state index >= 15 is 0 Å². The molecule has 0 radical (unpaired) electrons. The Morgan fingerprint density at radius 2 is 1.72 bits per heavy atom. The fourth-order valence-electron chi connectivity index (χ4n) is 3.15. The summed E-state index contributed by atoms with van der Waals surface area (Å²) < 4.78 is 23.7. The summed E-state index contributed by atoms with van der Waals surface area (Å²) in [5, 5.41) is 2.77. The van der Waals surface area contributed by atoms with Gasteiger partial charge in [-0.1, -0.05) is 18.2 Å². The fourth-order valence-corrected chi connectivity index (χ4v) is 5.05. The van der Waals surface area contributed by atoms with Crippen LogP contribution >= 0.6 is 11.8 Å². The molecule has 154 valence electrons. The summed E-state index contributed by atoms with van der Waals surface area (Å²) in [5.74, 6) is 1.70. The summed E-state index contributed by atoms with van der Waals surface area (Å²) in [6, 6.07) is 11.8. The van der Waals surface area contributed by atoms with Gasteiger partial charge in [0.25, 0.3) is 5.91 Å². The van der Waals surface area contributed by atoms with Gasteiger partial charge in [0.05, 0.1) is 11.3 Å². The third kappa shape index (κ3) is 5.61. The Morgan fingerprint density at radius 3 is 2.34 bits per heavy atom. The van der Waals surface area contributed by atoms with Crippen LogP contribution in [-0.4, -0.2) is 56.0 Å². The molecule has 8 heteroatoms. The Balaban J connectivity index is 1.65. The van der Waals surface area contributed by atoms with Crippen LogP contribution in [0, 0.1) is 6.92 Å². The Morgan fingerprint density at radius 1 is 1.07 bits per heavy atom. The highest BCUT2D eigenvalue weighted by atomic mass is 32.2. The first-order chi connectivity index (χ1) is 13.7. The molecule has 2 amide bonds. The number of benzene rings is 2. The molecule has 0 spiro atoms. The van der Waals surface area contributed by atoms with E-state index < -0.39 is 9.84 Å². The molecule has 29 heavy (non-hydrogen) atoms.